The minimum atomic E-state index is -3.67. The van der Waals surface area contributed by atoms with E-state index in [-0.39, 0.29) is 4.90 Å². The van der Waals surface area contributed by atoms with Crippen LogP contribution in [0.5, 0.6) is 0 Å². The molecule has 9 nitrogen and oxygen atoms in total. The van der Waals surface area contributed by atoms with E-state index < -0.39 is 15.8 Å². The van der Waals surface area contributed by atoms with Crippen molar-refractivity contribution in [3.8, 4) is 17.3 Å². The van der Waals surface area contributed by atoms with Gasteiger partial charge in [0.25, 0.3) is 0 Å². The summed E-state index contributed by atoms with van der Waals surface area (Å²) in [5.74, 6) is 0.244. The number of nitriles is 1. The van der Waals surface area contributed by atoms with Gasteiger partial charge < -0.3 is 9.88 Å². The molecule has 166 valence electrons. The van der Waals surface area contributed by atoms with E-state index in [2.05, 4.69) is 26.0 Å². The first-order valence-electron chi connectivity index (χ1n) is 10.2. The molecular weight excluding hydrogens is 445 g/mol. The van der Waals surface area contributed by atoms with Gasteiger partial charge in [-0.15, -0.1) is 0 Å². The van der Waals surface area contributed by atoms with Crippen LogP contribution in [0, 0.1) is 17.1 Å². The van der Waals surface area contributed by atoms with Crippen LogP contribution in [0.25, 0.3) is 22.3 Å². The molecule has 0 spiro atoms. The molecule has 11 heteroatoms. The van der Waals surface area contributed by atoms with Crippen LogP contribution in [0.1, 0.15) is 5.56 Å². The second kappa shape index (κ2) is 8.23. The second-order valence-electron chi connectivity index (χ2n) is 7.51. The van der Waals surface area contributed by atoms with E-state index in [1.807, 2.05) is 17.0 Å². The second-order valence-corrected chi connectivity index (χ2v) is 9.45. The molecule has 4 aromatic rings. The zero-order valence-corrected chi connectivity index (χ0v) is 18.1. The van der Waals surface area contributed by atoms with Crippen LogP contribution in [0.3, 0.4) is 0 Å². The van der Waals surface area contributed by atoms with E-state index >= 15 is 0 Å². The summed E-state index contributed by atoms with van der Waals surface area (Å²) in [6.07, 6.45) is 4.72. The number of sulfonamides is 1. The van der Waals surface area contributed by atoms with Crippen LogP contribution in [0.15, 0.2) is 60.0 Å². The minimum Gasteiger partial charge on any atom is -0.354 e. The SMILES string of the molecule is N#Cc1c[nH]c2ncnc(-c3ccc(N4CCN(S(=O)(=O)c5ccc(F)cc5)CC4)nc3)c12. The van der Waals surface area contributed by atoms with Gasteiger partial charge in [0, 0.05) is 44.1 Å². The summed E-state index contributed by atoms with van der Waals surface area (Å²) < 4.78 is 40.2. The van der Waals surface area contributed by atoms with Gasteiger partial charge in [0.15, 0.2) is 0 Å². The Morgan fingerprint density at radius 2 is 1.76 bits per heavy atom. The molecule has 0 amide bonds. The molecule has 1 aliphatic rings. The van der Waals surface area contributed by atoms with Crippen molar-refractivity contribution in [1.29, 1.82) is 5.26 Å². The zero-order chi connectivity index (χ0) is 23.0. The predicted molar refractivity (Wildman–Crippen MR) is 119 cm³/mol. The molecule has 1 saturated heterocycles. The van der Waals surface area contributed by atoms with Gasteiger partial charge in [-0.1, -0.05) is 0 Å². The monoisotopic (exact) mass is 463 g/mol. The lowest BCUT2D eigenvalue weighted by Gasteiger charge is -2.34. The molecule has 0 atom stereocenters. The molecular formula is C22H18FN7O2S. The Labute approximate surface area is 189 Å². The maximum absolute atomic E-state index is 13.1. The lowest BCUT2D eigenvalue weighted by molar-refractivity contribution is 0.384. The van der Waals surface area contributed by atoms with Crippen molar-refractivity contribution >= 4 is 26.9 Å². The summed E-state index contributed by atoms with van der Waals surface area (Å²) >= 11 is 0. The van der Waals surface area contributed by atoms with E-state index in [1.54, 1.807) is 12.4 Å². The first-order valence-corrected chi connectivity index (χ1v) is 11.6. The first-order chi connectivity index (χ1) is 16.0. The number of fused-ring (bicyclic) bond motifs is 1. The van der Waals surface area contributed by atoms with Gasteiger partial charge in [0.1, 0.15) is 29.7 Å². The average Bonchev–Trinajstić information content (AvgIpc) is 3.28. The van der Waals surface area contributed by atoms with Crippen LogP contribution in [0.4, 0.5) is 10.2 Å². The number of piperazine rings is 1. The van der Waals surface area contributed by atoms with E-state index in [1.165, 1.54) is 22.8 Å². The molecule has 0 saturated carbocycles. The highest BCUT2D eigenvalue weighted by atomic mass is 32.2. The highest BCUT2D eigenvalue weighted by Crippen LogP contribution is 2.28. The number of aromatic nitrogens is 4. The van der Waals surface area contributed by atoms with Gasteiger partial charge in [0.2, 0.25) is 10.0 Å². The molecule has 5 rings (SSSR count). The van der Waals surface area contributed by atoms with Crippen molar-refractivity contribution in [3.63, 3.8) is 0 Å². The maximum atomic E-state index is 13.1. The summed E-state index contributed by atoms with van der Waals surface area (Å²) in [7, 11) is -3.67. The summed E-state index contributed by atoms with van der Waals surface area (Å²) in [5, 5.41) is 10.0. The van der Waals surface area contributed by atoms with E-state index in [9.17, 15) is 18.1 Å². The molecule has 4 heterocycles. The Hall–Kier alpha value is -3.88. The molecule has 1 N–H and O–H groups in total. The maximum Gasteiger partial charge on any atom is 0.243 e. The molecule has 33 heavy (non-hydrogen) atoms. The predicted octanol–water partition coefficient (Wildman–Crippen LogP) is 2.54. The number of H-pyrrole nitrogens is 1. The lowest BCUT2D eigenvalue weighted by atomic mass is 10.1. The van der Waals surface area contributed by atoms with Gasteiger partial charge in [-0.3, -0.25) is 0 Å². The third kappa shape index (κ3) is 3.79. The summed E-state index contributed by atoms with van der Waals surface area (Å²) in [5.41, 5.74) is 2.41. The number of hydrogen-bond acceptors (Lipinski definition) is 7. The van der Waals surface area contributed by atoms with Crippen molar-refractivity contribution in [2.24, 2.45) is 0 Å². The van der Waals surface area contributed by atoms with Gasteiger partial charge >= 0.3 is 0 Å². The lowest BCUT2D eigenvalue weighted by Crippen LogP contribution is -2.48. The van der Waals surface area contributed by atoms with Gasteiger partial charge in [-0.25, -0.2) is 27.8 Å². The van der Waals surface area contributed by atoms with Crippen molar-refractivity contribution in [2.75, 3.05) is 31.1 Å². The Bertz CT molecular complexity index is 1450. The number of benzene rings is 1. The topological polar surface area (TPSA) is 119 Å². The van der Waals surface area contributed by atoms with Gasteiger partial charge in [-0.05, 0) is 36.4 Å². The van der Waals surface area contributed by atoms with E-state index in [0.717, 1.165) is 23.5 Å². The normalized spacial score (nSPS) is 15.0. The number of halogens is 1. The fraction of sp³-hybridized carbons (Fsp3) is 0.182. The van der Waals surface area contributed by atoms with Crippen molar-refractivity contribution < 1.29 is 12.8 Å². The molecule has 0 unspecified atom stereocenters. The van der Waals surface area contributed by atoms with Crippen molar-refractivity contribution in [1.82, 2.24) is 24.2 Å². The standard InChI is InChI=1S/C22H18FN7O2S/c23-17-2-4-18(5-3-17)33(31,32)30-9-7-29(8-10-30)19-6-1-15(12-25-19)21-20-16(11-24)13-26-22(20)28-14-27-21/h1-6,12-14H,7-10H2,(H,26,27,28). The quantitative estimate of drug-likeness (QED) is 0.494. The van der Waals surface area contributed by atoms with Crippen LogP contribution in [-0.2, 0) is 10.0 Å². The first kappa shape index (κ1) is 21.0. The molecule has 1 aromatic carbocycles. The molecule has 1 aliphatic heterocycles. The Kier molecular flexibility index (Phi) is 5.24. The number of pyridine rings is 1. The Morgan fingerprint density at radius 3 is 2.42 bits per heavy atom. The summed E-state index contributed by atoms with van der Waals surface area (Å²) in [6, 6.07) is 10.7. The molecule has 0 aliphatic carbocycles. The van der Waals surface area contributed by atoms with E-state index in [0.29, 0.717) is 48.5 Å². The van der Waals surface area contributed by atoms with Crippen molar-refractivity contribution in [2.45, 2.75) is 4.90 Å². The Balaban J connectivity index is 1.32. The summed E-state index contributed by atoms with van der Waals surface area (Å²) in [6.45, 7) is 1.54. The third-order valence-electron chi connectivity index (χ3n) is 5.63. The van der Waals surface area contributed by atoms with Crippen LogP contribution >= 0.6 is 0 Å². The van der Waals surface area contributed by atoms with Crippen LogP contribution in [-0.4, -0.2) is 58.8 Å². The number of rotatable bonds is 4. The minimum absolute atomic E-state index is 0.0810. The number of nitrogens with one attached hydrogen (secondary N) is 1. The smallest absolute Gasteiger partial charge is 0.243 e. The molecule has 1 fully saturated rings. The highest BCUT2D eigenvalue weighted by Gasteiger charge is 2.29. The zero-order valence-electron chi connectivity index (χ0n) is 17.3. The van der Waals surface area contributed by atoms with E-state index in [4.69, 9.17) is 0 Å². The number of hydrogen-bond donors (Lipinski definition) is 1. The van der Waals surface area contributed by atoms with Crippen LogP contribution < -0.4 is 4.90 Å². The number of nitrogens with zero attached hydrogens (tertiary/aromatic N) is 6. The van der Waals surface area contributed by atoms with Crippen LogP contribution in [0.2, 0.25) is 0 Å². The molecule has 3 aromatic heterocycles. The molecule has 0 radical (unpaired) electrons. The highest BCUT2D eigenvalue weighted by molar-refractivity contribution is 7.89. The average molecular weight is 463 g/mol. The summed E-state index contributed by atoms with van der Waals surface area (Å²) in [4.78, 5) is 18.1. The third-order valence-corrected chi connectivity index (χ3v) is 7.54. The van der Waals surface area contributed by atoms with Crippen molar-refractivity contribution in [3.05, 3.63) is 66.5 Å². The Morgan fingerprint density at radius 1 is 1.00 bits per heavy atom. The number of aromatic amines is 1. The molecule has 0 bridgehead atoms. The van der Waals surface area contributed by atoms with Gasteiger partial charge in [0.05, 0.1) is 21.5 Å². The fourth-order valence-corrected chi connectivity index (χ4v) is 5.32. The number of anilines is 1. The van der Waals surface area contributed by atoms with Gasteiger partial charge in [-0.2, -0.15) is 9.57 Å². The largest absolute Gasteiger partial charge is 0.354 e. The fourth-order valence-electron chi connectivity index (χ4n) is 3.90.